The van der Waals surface area contributed by atoms with E-state index < -0.39 is 6.04 Å². The second kappa shape index (κ2) is 10.9. The zero-order valence-corrected chi connectivity index (χ0v) is 17.4. The first kappa shape index (κ1) is 22.0. The van der Waals surface area contributed by atoms with Crippen molar-refractivity contribution in [3.05, 3.63) is 71.5 Å². The SMILES string of the molecule is CCCC(=O)N(Cc1ccc(F)cc1)[C@@H](C(=O)NC[C@H]1CCCO1)c1ccccc1. The van der Waals surface area contributed by atoms with E-state index in [0.717, 1.165) is 24.0 Å². The molecule has 0 spiro atoms. The van der Waals surface area contributed by atoms with Crippen LogP contribution in [-0.4, -0.2) is 36.0 Å². The van der Waals surface area contributed by atoms with Crippen LogP contribution in [0.1, 0.15) is 49.8 Å². The maximum atomic E-state index is 13.3. The lowest BCUT2D eigenvalue weighted by atomic mass is 10.0. The average molecular weight is 413 g/mol. The van der Waals surface area contributed by atoms with Crippen molar-refractivity contribution in [1.82, 2.24) is 10.2 Å². The number of hydrogen-bond donors (Lipinski definition) is 1. The van der Waals surface area contributed by atoms with Gasteiger partial charge in [-0.3, -0.25) is 9.59 Å². The molecule has 3 rings (SSSR count). The monoisotopic (exact) mass is 412 g/mol. The molecule has 1 aliphatic rings. The Balaban J connectivity index is 1.87. The van der Waals surface area contributed by atoms with Crippen LogP contribution in [0.15, 0.2) is 54.6 Å². The van der Waals surface area contributed by atoms with Crippen molar-refractivity contribution in [3.63, 3.8) is 0 Å². The van der Waals surface area contributed by atoms with Gasteiger partial charge in [0.25, 0.3) is 0 Å². The number of amides is 2. The molecule has 6 heteroatoms. The topological polar surface area (TPSA) is 58.6 Å². The summed E-state index contributed by atoms with van der Waals surface area (Å²) in [5.41, 5.74) is 1.52. The Morgan fingerprint density at radius 1 is 1.17 bits per heavy atom. The summed E-state index contributed by atoms with van der Waals surface area (Å²) in [5.74, 6) is -0.676. The van der Waals surface area contributed by atoms with Crippen molar-refractivity contribution < 1.29 is 18.7 Å². The van der Waals surface area contributed by atoms with Crippen LogP contribution < -0.4 is 5.32 Å². The number of rotatable bonds is 9. The molecule has 1 saturated heterocycles. The lowest BCUT2D eigenvalue weighted by Gasteiger charge is -2.32. The average Bonchev–Trinajstić information content (AvgIpc) is 3.28. The van der Waals surface area contributed by atoms with Gasteiger partial charge in [0.2, 0.25) is 11.8 Å². The minimum absolute atomic E-state index is 0.0160. The second-order valence-electron chi connectivity index (χ2n) is 7.59. The van der Waals surface area contributed by atoms with Gasteiger partial charge in [0, 0.05) is 26.1 Å². The van der Waals surface area contributed by atoms with Gasteiger partial charge in [-0.1, -0.05) is 49.4 Å². The van der Waals surface area contributed by atoms with Crippen molar-refractivity contribution in [2.45, 2.75) is 51.3 Å². The predicted octanol–water partition coefficient (Wildman–Crippen LogP) is 3.99. The highest BCUT2D eigenvalue weighted by molar-refractivity contribution is 5.88. The van der Waals surface area contributed by atoms with Gasteiger partial charge < -0.3 is 15.0 Å². The van der Waals surface area contributed by atoms with Crippen LogP contribution in [0.2, 0.25) is 0 Å². The molecule has 0 saturated carbocycles. The number of nitrogens with zero attached hydrogens (tertiary/aromatic N) is 1. The highest BCUT2D eigenvalue weighted by atomic mass is 19.1. The van der Waals surface area contributed by atoms with Crippen molar-refractivity contribution in [2.75, 3.05) is 13.2 Å². The third-order valence-corrected chi connectivity index (χ3v) is 5.25. The molecule has 160 valence electrons. The van der Waals surface area contributed by atoms with E-state index in [9.17, 15) is 14.0 Å². The molecular formula is C24H29FN2O3. The Bertz CT molecular complexity index is 820. The van der Waals surface area contributed by atoms with Gasteiger partial charge in [0.1, 0.15) is 11.9 Å². The molecule has 1 aliphatic heterocycles. The van der Waals surface area contributed by atoms with E-state index in [4.69, 9.17) is 4.74 Å². The first-order valence-electron chi connectivity index (χ1n) is 10.6. The molecule has 0 unspecified atom stereocenters. The standard InChI is InChI=1S/C24H29FN2O3/c1-2-7-22(28)27(17-18-11-13-20(25)14-12-18)23(19-8-4-3-5-9-19)24(29)26-16-21-10-6-15-30-21/h3-5,8-9,11-14,21,23H,2,6-7,10,15-17H2,1H3,(H,26,29)/t21-,23-/m1/s1. The summed E-state index contributed by atoms with van der Waals surface area (Å²) in [5, 5.41) is 2.98. The number of carbonyl (C=O) groups excluding carboxylic acids is 2. The van der Waals surface area contributed by atoms with Crippen LogP contribution in [0.3, 0.4) is 0 Å². The van der Waals surface area contributed by atoms with Crippen LogP contribution in [0.5, 0.6) is 0 Å². The van der Waals surface area contributed by atoms with Crippen molar-refractivity contribution in [3.8, 4) is 0 Å². The summed E-state index contributed by atoms with van der Waals surface area (Å²) in [6, 6.07) is 14.6. The van der Waals surface area contributed by atoms with E-state index in [1.807, 2.05) is 37.3 Å². The van der Waals surface area contributed by atoms with Crippen LogP contribution in [0.4, 0.5) is 4.39 Å². The molecule has 1 fully saturated rings. The smallest absolute Gasteiger partial charge is 0.247 e. The highest BCUT2D eigenvalue weighted by Gasteiger charge is 2.31. The number of halogens is 1. The third kappa shape index (κ3) is 5.89. The molecule has 1 heterocycles. The predicted molar refractivity (Wildman–Crippen MR) is 113 cm³/mol. The summed E-state index contributed by atoms with van der Waals surface area (Å²) in [7, 11) is 0. The molecule has 30 heavy (non-hydrogen) atoms. The third-order valence-electron chi connectivity index (χ3n) is 5.25. The summed E-state index contributed by atoms with van der Waals surface area (Å²) in [6.07, 6.45) is 2.95. The second-order valence-corrected chi connectivity index (χ2v) is 7.59. The number of hydrogen-bond acceptors (Lipinski definition) is 3. The summed E-state index contributed by atoms with van der Waals surface area (Å²) >= 11 is 0. The number of ether oxygens (including phenoxy) is 1. The molecule has 0 aromatic heterocycles. The number of carbonyl (C=O) groups is 2. The summed E-state index contributed by atoms with van der Waals surface area (Å²) in [4.78, 5) is 27.9. The molecule has 0 aliphatic carbocycles. The lowest BCUT2D eigenvalue weighted by Crippen LogP contribution is -2.45. The normalized spacial score (nSPS) is 16.8. The van der Waals surface area contributed by atoms with Gasteiger partial charge in [-0.05, 0) is 42.5 Å². The van der Waals surface area contributed by atoms with Gasteiger partial charge in [-0.15, -0.1) is 0 Å². The number of nitrogens with one attached hydrogen (secondary N) is 1. The maximum Gasteiger partial charge on any atom is 0.247 e. The molecule has 1 N–H and O–H groups in total. The lowest BCUT2D eigenvalue weighted by molar-refractivity contribution is -0.141. The van der Waals surface area contributed by atoms with E-state index in [1.54, 1.807) is 17.0 Å². The van der Waals surface area contributed by atoms with E-state index in [2.05, 4.69) is 5.32 Å². The molecule has 2 aromatic carbocycles. The molecule has 0 radical (unpaired) electrons. The molecule has 2 amide bonds. The minimum atomic E-state index is -0.767. The van der Waals surface area contributed by atoms with Crippen molar-refractivity contribution in [2.24, 2.45) is 0 Å². The quantitative estimate of drug-likeness (QED) is 0.678. The highest BCUT2D eigenvalue weighted by Crippen LogP contribution is 2.25. The maximum absolute atomic E-state index is 13.3. The molecule has 5 nitrogen and oxygen atoms in total. The first-order chi connectivity index (χ1) is 14.6. The van der Waals surface area contributed by atoms with Gasteiger partial charge in [0.15, 0.2) is 0 Å². The Labute approximate surface area is 177 Å². The van der Waals surface area contributed by atoms with Crippen LogP contribution >= 0.6 is 0 Å². The van der Waals surface area contributed by atoms with Gasteiger partial charge in [-0.2, -0.15) is 0 Å². The fourth-order valence-corrected chi connectivity index (χ4v) is 3.69. The van der Waals surface area contributed by atoms with E-state index in [-0.39, 0.29) is 30.3 Å². The largest absolute Gasteiger partial charge is 0.376 e. The number of benzene rings is 2. The molecule has 0 bridgehead atoms. The van der Waals surface area contributed by atoms with Crippen molar-refractivity contribution in [1.29, 1.82) is 0 Å². The molecular weight excluding hydrogens is 383 g/mol. The van der Waals surface area contributed by atoms with Crippen LogP contribution in [-0.2, 0) is 20.9 Å². The molecule has 2 atom stereocenters. The Kier molecular flexibility index (Phi) is 7.97. The van der Waals surface area contributed by atoms with Crippen molar-refractivity contribution >= 4 is 11.8 Å². The Morgan fingerprint density at radius 3 is 2.53 bits per heavy atom. The Hall–Kier alpha value is -2.73. The van der Waals surface area contributed by atoms with E-state index >= 15 is 0 Å². The fourth-order valence-electron chi connectivity index (χ4n) is 3.69. The zero-order valence-electron chi connectivity index (χ0n) is 17.4. The first-order valence-corrected chi connectivity index (χ1v) is 10.6. The minimum Gasteiger partial charge on any atom is -0.376 e. The molecule has 2 aromatic rings. The van der Waals surface area contributed by atoms with E-state index in [1.165, 1.54) is 12.1 Å². The van der Waals surface area contributed by atoms with Crippen LogP contribution in [0.25, 0.3) is 0 Å². The van der Waals surface area contributed by atoms with Gasteiger partial charge in [0.05, 0.1) is 6.10 Å². The summed E-state index contributed by atoms with van der Waals surface area (Å²) < 4.78 is 19.0. The zero-order chi connectivity index (χ0) is 21.3. The Morgan fingerprint density at radius 2 is 1.90 bits per heavy atom. The summed E-state index contributed by atoms with van der Waals surface area (Å²) in [6.45, 7) is 3.30. The van der Waals surface area contributed by atoms with Gasteiger partial charge >= 0.3 is 0 Å². The van der Waals surface area contributed by atoms with Gasteiger partial charge in [-0.25, -0.2) is 4.39 Å². The van der Waals surface area contributed by atoms with E-state index in [0.29, 0.717) is 26.0 Å². The van der Waals surface area contributed by atoms with Crippen LogP contribution in [0, 0.1) is 5.82 Å². The fraction of sp³-hybridized carbons (Fsp3) is 0.417.